The number of rotatable bonds is 8. The third-order valence-electron chi connectivity index (χ3n) is 5.68. The van der Waals surface area contributed by atoms with Gasteiger partial charge in [-0.05, 0) is 36.6 Å². The van der Waals surface area contributed by atoms with E-state index in [1.165, 1.54) is 27.7 Å². The molecule has 2 aromatic carbocycles. The van der Waals surface area contributed by atoms with Crippen LogP contribution in [0.4, 0.5) is 17.1 Å². The summed E-state index contributed by atoms with van der Waals surface area (Å²) in [6.07, 6.45) is 1.84. The lowest BCUT2D eigenvalue weighted by atomic mass is 10.2. The Bertz CT molecular complexity index is 1050. The molecule has 0 spiro atoms. The van der Waals surface area contributed by atoms with Crippen LogP contribution < -0.4 is 10.2 Å². The van der Waals surface area contributed by atoms with Crippen molar-refractivity contribution in [3.8, 4) is 0 Å². The van der Waals surface area contributed by atoms with Crippen LogP contribution in [0, 0.1) is 10.1 Å². The topological polar surface area (TPSA) is 105 Å². The van der Waals surface area contributed by atoms with Crippen LogP contribution in [0.25, 0.3) is 0 Å². The van der Waals surface area contributed by atoms with Gasteiger partial charge in [-0.3, -0.25) is 10.1 Å². The fourth-order valence-electron chi connectivity index (χ4n) is 4.04. The fourth-order valence-corrected chi connectivity index (χ4v) is 5.47. The first-order chi connectivity index (χ1) is 15.0. The Morgan fingerprint density at radius 3 is 2.65 bits per heavy atom. The van der Waals surface area contributed by atoms with Crippen molar-refractivity contribution < 1.29 is 18.1 Å². The number of nitro groups is 1. The second-order valence-electron chi connectivity index (χ2n) is 7.60. The standard InChI is InChI=1S/C21H26N4O5S/c26-25(27)21-16-18(31(28,29)24-12-14-30-15-13-24)6-7-19(21)22-9-3-10-23-11-8-17-4-1-2-5-20(17)23/h1-2,4-7,16,22H,3,8-15H2. The average Bonchev–Trinajstić information content (AvgIpc) is 3.20. The molecule has 0 radical (unpaired) electrons. The van der Waals surface area contributed by atoms with Crippen molar-refractivity contribution in [2.24, 2.45) is 0 Å². The summed E-state index contributed by atoms with van der Waals surface area (Å²) in [7, 11) is -3.79. The van der Waals surface area contributed by atoms with Gasteiger partial charge in [0.1, 0.15) is 5.69 Å². The van der Waals surface area contributed by atoms with Crippen LogP contribution in [-0.4, -0.2) is 63.6 Å². The van der Waals surface area contributed by atoms with Crippen LogP contribution in [0.15, 0.2) is 47.4 Å². The van der Waals surface area contributed by atoms with Crippen LogP contribution >= 0.6 is 0 Å². The van der Waals surface area contributed by atoms with Crippen LogP contribution in [0.1, 0.15) is 12.0 Å². The minimum Gasteiger partial charge on any atom is -0.379 e. The number of hydrogen-bond acceptors (Lipinski definition) is 7. The molecule has 0 atom stereocenters. The first-order valence-electron chi connectivity index (χ1n) is 10.4. The molecule has 0 aliphatic carbocycles. The number of fused-ring (bicyclic) bond motifs is 1. The van der Waals surface area contributed by atoms with Gasteiger partial charge in [0, 0.05) is 44.5 Å². The van der Waals surface area contributed by atoms with Crippen molar-refractivity contribution in [3.05, 3.63) is 58.1 Å². The molecule has 31 heavy (non-hydrogen) atoms. The number of anilines is 2. The summed E-state index contributed by atoms with van der Waals surface area (Å²) < 4.78 is 32.1. The van der Waals surface area contributed by atoms with Crippen molar-refractivity contribution in [1.29, 1.82) is 0 Å². The molecule has 166 valence electrons. The summed E-state index contributed by atoms with van der Waals surface area (Å²) in [5.74, 6) is 0. The monoisotopic (exact) mass is 446 g/mol. The van der Waals surface area contributed by atoms with Gasteiger partial charge in [-0.15, -0.1) is 0 Å². The number of benzene rings is 2. The molecule has 1 N–H and O–H groups in total. The molecule has 0 aromatic heterocycles. The van der Waals surface area contributed by atoms with Gasteiger partial charge in [0.25, 0.3) is 5.69 Å². The second kappa shape index (κ2) is 9.21. The van der Waals surface area contributed by atoms with E-state index >= 15 is 0 Å². The van der Waals surface area contributed by atoms with Crippen LogP contribution in [-0.2, 0) is 21.2 Å². The zero-order chi connectivity index (χ0) is 21.8. The van der Waals surface area contributed by atoms with Gasteiger partial charge in [0.2, 0.25) is 10.0 Å². The Morgan fingerprint density at radius 1 is 1.10 bits per heavy atom. The minimum atomic E-state index is -3.79. The lowest BCUT2D eigenvalue weighted by molar-refractivity contribution is -0.384. The van der Waals surface area contributed by atoms with Gasteiger partial charge in [0.15, 0.2) is 0 Å². The molecule has 2 aliphatic heterocycles. The summed E-state index contributed by atoms with van der Waals surface area (Å²) in [6, 6.07) is 12.4. The zero-order valence-electron chi connectivity index (χ0n) is 17.2. The Hall–Kier alpha value is -2.69. The number of nitrogens with zero attached hydrogens (tertiary/aromatic N) is 3. The maximum Gasteiger partial charge on any atom is 0.293 e. The quantitative estimate of drug-likeness (QED) is 0.377. The number of ether oxygens (including phenoxy) is 1. The lowest BCUT2D eigenvalue weighted by Gasteiger charge is -2.26. The zero-order valence-corrected chi connectivity index (χ0v) is 18.0. The molecule has 2 heterocycles. The molecule has 0 bridgehead atoms. The maximum absolute atomic E-state index is 12.8. The van der Waals surface area contributed by atoms with Crippen molar-refractivity contribution in [3.63, 3.8) is 0 Å². The number of morpholine rings is 1. The van der Waals surface area contributed by atoms with E-state index in [0.717, 1.165) is 32.0 Å². The van der Waals surface area contributed by atoms with Crippen LogP contribution in [0.2, 0.25) is 0 Å². The van der Waals surface area contributed by atoms with E-state index in [1.807, 2.05) is 12.1 Å². The summed E-state index contributed by atoms with van der Waals surface area (Å²) in [6.45, 7) is 3.51. The molecular weight excluding hydrogens is 420 g/mol. The number of para-hydroxylation sites is 1. The first-order valence-corrected chi connectivity index (χ1v) is 11.8. The molecule has 0 amide bonds. The van der Waals surface area contributed by atoms with Crippen LogP contribution in [0.3, 0.4) is 0 Å². The summed E-state index contributed by atoms with van der Waals surface area (Å²) in [5.41, 5.74) is 2.70. The third kappa shape index (κ3) is 4.65. The summed E-state index contributed by atoms with van der Waals surface area (Å²) in [4.78, 5) is 13.3. The van der Waals surface area contributed by atoms with Gasteiger partial charge in [0.05, 0.1) is 23.0 Å². The molecule has 4 rings (SSSR count). The molecule has 1 fully saturated rings. The van der Waals surface area contributed by atoms with E-state index in [-0.39, 0.29) is 23.7 Å². The van der Waals surface area contributed by atoms with Crippen molar-refractivity contribution >= 4 is 27.1 Å². The Morgan fingerprint density at radius 2 is 1.87 bits per heavy atom. The highest BCUT2D eigenvalue weighted by Crippen LogP contribution is 2.30. The third-order valence-corrected chi connectivity index (χ3v) is 7.57. The number of sulfonamides is 1. The van der Waals surface area contributed by atoms with Crippen molar-refractivity contribution in [1.82, 2.24) is 4.31 Å². The number of hydrogen-bond donors (Lipinski definition) is 1. The van der Waals surface area contributed by atoms with Gasteiger partial charge in [-0.2, -0.15) is 4.31 Å². The van der Waals surface area contributed by atoms with E-state index in [2.05, 4.69) is 22.3 Å². The highest BCUT2D eigenvalue weighted by atomic mass is 32.2. The number of nitro benzene ring substituents is 1. The second-order valence-corrected chi connectivity index (χ2v) is 9.54. The predicted octanol–water partition coefficient (Wildman–Crippen LogP) is 2.48. The molecule has 0 unspecified atom stereocenters. The van der Waals surface area contributed by atoms with Crippen molar-refractivity contribution in [2.45, 2.75) is 17.7 Å². The van der Waals surface area contributed by atoms with E-state index in [0.29, 0.717) is 25.4 Å². The fraction of sp³-hybridized carbons (Fsp3) is 0.429. The SMILES string of the molecule is O=[N+]([O-])c1cc(S(=O)(=O)N2CCOCC2)ccc1NCCCN1CCc2ccccc21. The van der Waals surface area contributed by atoms with E-state index in [4.69, 9.17) is 4.74 Å². The van der Waals surface area contributed by atoms with E-state index in [9.17, 15) is 18.5 Å². The first kappa shape index (κ1) is 21.5. The molecular formula is C21H26N4O5S. The molecule has 9 nitrogen and oxygen atoms in total. The highest BCUT2D eigenvalue weighted by Gasteiger charge is 2.29. The highest BCUT2D eigenvalue weighted by molar-refractivity contribution is 7.89. The smallest absolute Gasteiger partial charge is 0.293 e. The molecule has 10 heteroatoms. The van der Waals surface area contributed by atoms with Gasteiger partial charge in [-0.25, -0.2) is 8.42 Å². The average molecular weight is 447 g/mol. The minimum absolute atomic E-state index is 0.0691. The molecule has 1 saturated heterocycles. The van der Waals surface area contributed by atoms with Gasteiger partial charge < -0.3 is 15.0 Å². The van der Waals surface area contributed by atoms with Gasteiger partial charge >= 0.3 is 0 Å². The molecule has 0 saturated carbocycles. The molecule has 2 aromatic rings. The Kier molecular flexibility index (Phi) is 6.40. The van der Waals surface area contributed by atoms with Crippen molar-refractivity contribution in [2.75, 3.05) is 56.2 Å². The Labute approximate surface area is 181 Å². The largest absolute Gasteiger partial charge is 0.379 e. The predicted molar refractivity (Wildman–Crippen MR) is 118 cm³/mol. The maximum atomic E-state index is 12.8. The summed E-state index contributed by atoms with van der Waals surface area (Å²) >= 11 is 0. The Balaban J connectivity index is 1.40. The normalized spacial score (nSPS) is 16.8. The number of nitrogens with one attached hydrogen (secondary N) is 1. The summed E-state index contributed by atoms with van der Waals surface area (Å²) in [5, 5.41) is 14.7. The molecule has 2 aliphatic rings. The van der Waals surface area contributed by atoms with E-state index < -0.39 is 14.9 Å². The van der Waals surface area contributed by atoms with Crippen LogP contribution in [0.5, 0.6) is 0 Å². The lowest BCUT2D eigenvalue weighted by Crippen LogP contribution is -2.40. The van der Waals surface area contributed by atoms with E-state index in [1.54, 1.807) is 0 Å². The van der Waals surface area contributed by atoms with Gasteiger partial charge in [-0.1, -0.05) is 18.2 Å².